The Labute approximate surface area is 72.0 Å². The van der Waals surface area contributed by atoms with Gasteiger partial charge >= 0.3 is 0 Å². The molecular formula is C8H14N4. The van der Waals surface area contributed by atoms with Gasteiger partial charge < -0.3 is 10.2 Å². The van der Waals surface area contributed by atoms with Crippen LogP contribution in [0.5, 0.6) is 0 Å². The number of anilines is 1. The zero-order valence-electron chi connectivity index (χ0n) is 7.52. The van der Waals surface area contributed by atoms with Gasteiger partial charge in [0.2, 0.25) is 0 Å². The molecule has 0 bridgehead atoms. The van der Waals surface area contributed by atoms with E-state index >= 15 is 0 Å². The van der Waals surface area contributed by atoms with E-state index in [1.807, 2.05) is 14.1 Å². The van der Waals surface area contributed by atoms with Crippen molar-refractivity contribution in [3.8, 4) is 0 Å². The van der Waals surface area contributed by atoms with E-state index in [0.29, 0.717) is 0 Å². The molecule has 4 nitrogen and oxygen atoms in total. The molecule has 0 fully saturated rings. The first-order valence-corrected chi connectivity index (χ1v) is 4.23. The zero-order valence-corrected chi connectivity index (χ0v) is 7.52. The number of fused-ring (bicyclic) bond motifs is 1. The number of nitrogens with one attached hydrogen (secondary N) is 2. The van der Waals surface area contributed by atoms with Crippen molar-refractivity contribution in [2.45, 2.75) is 13.0 Å². The Kier molecular flexibility index (Phi) is 1.77. The summed E-state index contributed by atoms with van der Waals surface area (Å²) in [5, 5.41) is 10.6. The molecule has 1 aromatic heterocycles. The number of H-pyrrole nitrogens is 1. The Morgan fingerprint density at radius 1 is 1.42 bits per heavy atom. The molecule has 1 aromatic rings. The first-order valence-electron chi connectivity index (χ1n) is 4.23. The second-order valence-electron chi connectivity index (χ2n) is 3.33. The molecule has 0 aliphatic carbocycles. The van der Waals surface area contributed by atoms with E-state index in [0.717, 1.165) is 25.3 Å². The van der Waals surface area contributed by atoms with Gasteiger partial charge in [0.25, 0.3) is 0 Å². The van der Waals surface area contributed by atoms with Crippen LogP contribution in [0.4, 0.5) is 5.82 Å². The fourth-order valence-corrected chi connectivity index (χ4v) is 1.60. The monoisotopic (exact) mass is 166 g/mol. The number of hydrogen-bond donors (Lipinski definition) is 2. The summed E-state index contributed by atoms with van der Waals surface area (Å²) >= 11 is 0. The quantitative estimate of drug-likeness (QED) is 0.623. The van der Waals surface area contributed by atoms with Crippen LogP contribution in [-0.2, 0) is 13.0 Å². The SMILES string of the molecule is CN(C)c1n[nH]c2c1CCNC2. The first-order chi connectivity index (χ1) is 5.79. The van der Waals surface area contributed by atoms with Crippen LogP contribution in [-0.4, -0.2) is 30.8 Å². The smallest absolute Gasteiger partial charge is 0.153 e. The maximum absolute atomic E-state index is 4.26. The molecule has 0 unspecified atom stereocenters. The summed E-state index contributed by atoms with van der Waals surface area (Å²) in [5.41, 5.74) is 2.61. The maximum atomic E-state index is 4.26. The summed E-state index contributed by atoms with van der Waals surface area (Å²) in [6.45, 7) is 1.99. The van der Waals surface area contributed by atoms with Gasteiger partial charge in [0.1, 0.15) is 0 Å². The van der Waals surface area contributed by atoms with Gasteiger partial charge in [-0.15, -0.1) is 0 Å². The minimum atomic E-state index is 0.927. The minimum Gasteiger partial charge on any atom is -0.361 e. The van der Waals surface area contributed by atoms with E-state index in [2.05, 4.69) is 20.4 Å². The molecule has 0 radical (unpaired) electrons. The van der Waals surface area contributed by atoms with E-state index in [9.17, 15) is 0 Å². The highest BCUT2D eigenvalue weighted by atomic mass is 15.3. The average molecular weight is 166 g/mol. The second kappa shape index (κ2) is 2.79. The molecule has 0 spiro atoms. The number of rotatable bonds is 1. The van der Waals surface area contributed by atoms with Crippen LogP contribution in [0.3, 0.4) is 0 Å². The number of nitrogens with zero attached hydrogens (tertiary/aromatic N) is 2. The summed E-state index contributed by atoms with van der Waals surface area (Å²) in [6.07, 6.45) is 1.08. The fraction of sp³-hybridized carbons (Fsp3) is 0.625. The van der Waals surface area contributed by atoms with Crippen LogP contribution in [0.25, 0.3) is 0 Å². The molecular weight excluding hydrogens is 152 g/mol. The van der Waals surface area contributed by atoms with Crippen LogP contribution < -0.4 is 10.2 Å². The van der Waals surface area contributed by atoms with Crippen molar-refractivity contribution in [1.82, 2.24) is 15.5 Å². The molecule has 12 heavy (non-hydrogen) atoms. The molecule has 2 N–H and O–H groups in total. The van der Waals surface area contributed by atoms with Crippen LogP contribution >= 0.6 is 0 Å². The van der Waals surface area contributed by atoms with Gasteiger partial charge in [-0.05, 0) is 13.0 Å². The van der Waals surface area contributed by atoms with Crippen molar-refractivity contribution in [1.29, 1.82) is 0 Å². The van der Waals surface area contributed by atoms with Crippen molar-refractivity contribution in [2.75, 3.05) is 25.5 Å². The number of aromatic nitrogens is 2. The third-order valence-corrected chi connectivity index (χ3v) is 2.21. The Bertz CT molecular complexity index is 277. The van der Waals surface area contributed by atoms with Crippen LogP contribution in [0, 0.1) is 0 Å². The van der Waals surface area contributed by atoms with Crippen molar-refractivity contribution in [3.63, 3.8) is 0 Å². The lowest BCUT2D eigenvalue weighted by molar-refractivity contribution is 0.632. The fourth-order valence-electron chi connectivity index (χ4n) is 1.60. The lowest BCUT2D eigenvalue weighted by Crippen LogP contribution is -2.24. The van der Waals surface area contributed by atoms with Gasteiger partial charge in [-0.1, -0.05) is 0 Å². The van der Waals surface area contributed by atoms with Crippen molar-refractivity contribution >= 4 is 5.82 Å². The first kappa shape index (κ1) is 7.61. The summed E-state index contributed by atoms with van der Waals surface area (Å²) in [6, 6.07) is 0. The molecule has 2 heterocycles. The third-order valence-electron chi connectivity index (χ3n) is 2.21. The maximum Gasteiger partial charge on any atom is 0.153 e. The van der Waals surface area contributed by atoms with E-state index in [1.54, 1.807) is 0 Å². The van der Waals surface area contributed by atoms with E-state index < -0.39 is 0 Å². The summed E-state index contributed by atoms with van der Waals surface area (Å²) in [5.74, 6) is 1.09. The van der Waals surface area contributed by atoms with Gasteiger partial charge in [0, 0.05) is 26.2 Å². The molecule has 2 rings (SSSR count). The Balaban J connectivity index is 2.38. The lowest BCUT2D eigenvalue weighted by Gasteiger charge is -2.15. The topological polar surface area (TPSA) is 44.0 Å². The van der Waals surface area contributed by atoms with Gasteiger partial charge in [0.05, 0.1) is 5.69 Å². The molecule has 66 valence electrons. The molecule has 1 aliphatic heterocycles. The van der Waals surface area contributed by atoms with Gasteiger partial charge in [0.15, 0.2) is 5.82 Å². The number of hydrogen-bond acceptors (Lipinski definition) is 3. The van der Waals surface area contributed by atoms with Crippen LogP contribution in [0.2, 0.25) is 0 Å². The largest absolute Gasteiger partial charge is 0.361 e. The minimum absolute atomic E-state index is 0.927. The molecule has 4 heteroatoms. The Morgan fingerprint density at radius 2 is 2.25 bits per heavy atom. The molecule has 0 aromatic carbocycles. The van der Waals surface area contributed by atoms with E-state index in [-0.39, 0.29) is 0 Å². The molecule has 1 aliphatic rings. The van der Waals surface area contributed by atoms with Gasteiger partial charge in [-0.3, -0.25) is 5.10 Å². The molecule has 0 saturated carbocycles. The van der Waals surface area contributed by atoms with Gasteiger partial charge in [-0.25, -0.2) is 0 Å². The van der Waals surface area contributed by atoms with E-state index in [1.165, 1.54) is 11.3 Å². The summed E-state index contributed by atoms with van der Waals surface area (Å²) < 4.78 is 0. The Morgan fingerprint density at radius 3 is 3.00 bits per heavy atom. The van der Waals surface area contributed by atoms with Crippen molar-refractivity contribution in [2.24, 2.45) is 0 Å². The second-order valence-corrected chi connectivity index (χ2v) is 3.33. The van der Waals surface area contributed by atoms with Crippen molar-refractivity contribution < 1.29 is 0 Å². The van der Waals surface area contributed by atoms with E-state index in [4.69, 9.17) is 0 Å². The van der Waals surface area contributed by atoms with Crippen molar-refractivity contribution in [3.05, 3.63) is 11.3 Å². The Hall–Kier alpha value is -1.03. The van der Waals surface area contributed by atoms with Gasteiger partial charge in [-0.2, -0.15) is 5.10 Å². The predicted molar refractivity (Wildman–Crippen MR) is 48.3 cm³/mol. The highest BCUT2D eigenvalue weighted by Crippen LogP contribution is 2.21. The highest BCUT2D eigenvalue weighted by molar-refractivity contribution is 5.48. The normalized spacial score (nSPS) is 15.8. The summed E-state index contributed by atoms with van der Waals surface area (Å²) in [4.78, 5) is 2.06. The lowest BCUT2D eigenvalue weighted by atomic mass is 10.1. The highest BCUT2D eigenvalue weighted by Gasteiger charge is 2.16. The van der Waals surface area contributed by atoms with Crippen LogP contribution in [0.15, 0.2) is 0 Å². The summed E-state index contributed by atoms with van der Waals surface area (Å²) in [7, 11) is 4.05. The van der Waals surface area contributed by atoms with Crippen LogP contribution in [0.1, 0.15) is 11.3 Å². The average Bonchev–Trinajstić information content (AvgIpc) is 2.47. The standard InChI is InChI=1S/C8H14N4/c1-12(2)8-6-3-4-9-5-7(6)10-11-8/h9H,3-5H2,1-2H3,(H,10,11). The number of aromatic amines is 1. The molecule has 0 saturated heterocycles. The third kappa shape index (κ3) is 1.08. The predicted octanol–water partition coefficient (Wildman–Crippen LogP) is 0.121. The zero-order chi connectivity index (χ0) is 8.55. The molecule has 0 amide bonds. The molecule has 0 atom stereocenters.